The van der Waals surface area contributed by atoms with E-state index in [1.54, 1.807) is 37.4 Å². The van der Waals surface area contributed by atoms with Crippen LogP contribution in [0.4, 0.5) is 5.69 Å². The molecule has 1 amide bonds. The average molecular weight is 463 g/mol. The van der Waals surface area contributed by atoms with Crippen LogP contribution in [0.5, 0.6) is 5.75 Å². The molecule has 5 rings (SSSR count). The first-order valence-corrected chi connectivity index (χ1v) is 12.5. The van der Waals surface area contributed by atoms with E-state index in [2.05, 4.69) is 5.32 Å². The van der Waals surface area contributed by atoms with E-state index in [0.29, 0.717) is 23.5 Å². The summed E-state index contributed by atoms with van der Waals surface area (Å²) in [5, 5.41) is 3.07. The van der Waals surface area contributed by atoms with E-state index in [1.165, 1.54) is 4.31 Å². The number of hydrogen-bond acceptors (Lipinski definition) is 4. The Morgan fingerprint density at radius 3 is 2.42 bits per heavy atom. The molecule has 0 atom stereocenters. The van der Waals surface area contributed by atoms with Gasteiger partial charge in [0.05, 0.1) is 17.4 Å². The van der Waals surface area contributed by atoms with E-state index in [1.807, 2.05) is 42.5 Å². The normalized spacial score (nSPS) is 17.1. The number of carbonyl (C=O) groups is 1. The maximum atomic E-state index is 13.3. The minimum atomic E-state index is -3.57. The number of nitrogens with one attached hydrogen (secondary N) is 1. The lowest BCUT2D eigenvalue weighted by molar-refractivity contribution is -0.118. The van der Waals surface area contributed by atoms with Gasteiger partial charge < -0.3 is 10.1 Å². The Labute approximate surface area is 194 Å². The summed E-state index contributed by atoms with van der Waals surface area (Å²) >= 11 is 0. The second-order valence-electron chi connectivity index (χ2n) is 8.62. The van der Waals surface area contributed by atoms with Crippen LogP contribution >= 0.6 is 0 Å². The largest absolute Gasteiger partial charge is 0.496 e. The molecule has 170 valence electrons. The van der Waals surface area contributed by atoms with Crippen LogP contribution in [0.25, 0.3) is 0 Å². The zero-order chi connectivity index (χ0) is 23.1. The highest BCUT2D eigenvalue weighted by atomic mass is 32.2. The second-order valence-corrected chi connectivity index (χ2v) is 10.6. The Hall–Kier alpha value is -3.16. The molecule has 0 spiro atoms. The van der Waals surface area contributed by atoms with Crippen molar-refractivity contribution in [1.82, 2.24) is 4.31 Å². The third-order valence-corrected chi connectivity index (χ3v) is 8.49. The summed E-state index contributed by atoms with van der Waals surface area (Å²) in [4.78, 5) is 13.6. The van der Waals surface area contributed by atoms with E-state index < -0.39 is 15.4 Å². The Morgan fingerprint density at radius 1 is 0.970 bits per heavy atom. The van der Waals surface area contributed by atoms with Gasteiger partial charge in [-0.1, -0.05) is 42.5 Å². The highest BCUT2D eigenvalue weighted by Gasteiger charge is 2.52. The number of ether oxygens (including phenoxy) is 1. The van der Waals surface area contributed by atoms with E-state index in [9.17, 15) is 13.2 Å². The standard InChI is InChI=1S/C26H26N2O4S/c1-32-24-10-6-5-9-23(24)26(14-15-26)25(29)27-21-12-11-19-13-16-28(18-20(19)17-21)33(30,31)22-7-3-2-4-8-22/h2-12,17H,13-16,18H2,1H3,(H,27,29). The smallest absolute Gasteiger partial charge is 0.243 e. The Balaban J connectivity index is 1.37. The van der Waals surface area contributed by atoms with Crippen LogP contribution in [0.3, 0.4) is 0 Å². The van der Waals surface area contributed by atoms with Crippen LogP contribution < -0.4 is 10.1 Å². The molecule has 0 unspecified atom stereocenters. The number of hydrogen-bond donors (Lipinski definition) is 1. The molecule has 0 radical (unpaired) electrons. The summed E-state index contributed by atoms with van der Waals surface area (Å²) in [6.45, 7) is 0.723. The summed E-state index contributed by atoms with van der Waals surface area (Å²) in [6, 6.07) is 21.9. The summed E-state index contributed by atoms with van der Waals surface area (Å²) in [6.07, 6.45) is 2.18. The van der Waals surface area contributed by atoms with Crippen LogP contribution in [0.2, 0.25) is 0 Å². The van der Waals surface area contributed by atoms with Crippen molar-refractivity contribution in [3.8, 4) is 5.75 Å². The van der Waals surface area contributed by atoms with Crippen LogP contribution in [0.15, 0.2) is 77.7 Å². The molecule has 1 heterocycles. The maximum absolute atomic E-state index is 13.3. The van der Waals surface area contributed by atoms with Crippen molar-refractivity contribution in [1.29, 1.82) is 0 Å². The summed E-state index contributed by atoms with van der Waals surface area (Å²) in [7, 11) is -1.95. The molecule has 2 aliphatic rings. The third kappa shape index (κ3) is 3.92. The lowest BCUT2D eigenvalue weighted by Crippen LogP contribution is -2.36. The summed E-state index contributed by atoms with van der Waals surface area (Å²) < 4.78 is 33.1. The molecule has 3 aromatic carbocycles. The first kappa shape index (κ1) is 21.7. The predicted octanol–water partition coefficient (Wildman–Crippen LogP) is 4.11. The van der Waals surface area contributed by atoms with Crippen LogP contribution in [0.1, 0.15) is 29.5 Å². The van der Waals surface area contributed by atoms with Gasteiger partial charge in [-0.3, -0.25) is 4.79 Å². The van der Waals surface area contributed by atoms with Crippen molar-refractivity contribution in [2.24, 2.45) is 0 Å². The van der Waals surface area contributed by atoms with Crippen LogP contribution in [-0.4, -0.2) is 32.3 Å². The zero-order valence-electron chi connectivity index (χ0n) is 18.5. The van der Waals surface area contributed by atoms with E-state index in [-0.39, 0.29) is 12.5 Å². The SMILES string of the molecule is COc1ccccc1C1(C(=O)Nc2ccc3c(c2)CN(S(=O)(=O)c2ccccc2)CC3)CC1. The number of nitrogens with zero attached hydrogens (tertiary/aromatic N) is 1. The molecule has 1 fully saturated rings. The molecule has 33 heavy (non-hydrogen) atoms. The zero-order valence-corrected chi connectivity index (χ0v) is 19.3. The van der Waals surface area contributed by atoms with Gasteiger partial charge in [0, 0.05) is 24.3 Å². The first-order chi connectivity index (χ1) is 15.9. The number of anilines is 1. The number of methoxy groups -OCH3 is 1. The highest BCUT2D eigenvalue weighted by molar-refractivity contribution is 7.89. The van der Waals surface area contributed by atoms with E-state index >= 15 is 0 Å². The number of fused-ring (bicyclic) bond motifs is 1. The number of amides is 1. The molecule has 6 nitrogen and oxygen atoms in total. The van der Waals surface area contributed by atoms with E-state index in [4.69, 9.17) is 4.74 Å². The molecule has 0 bridgehead atoms. The van der Waals surface area contributed by atoms with Crippen molar-refractivity contribution in [2.45, 2.75) is 36.1 Å². The maximum Gasteiger partial charge on any atom is 0.243 e. The van der Waals surface area contributed by atoms with Gasteiger partial charge in [0.2, 0.25) is 15.9 Å². The molecule has 0 saturated heterocycles. The molecular weight excluding hydrogens is 436 g/mol. The van der Waals surface area contributed by atoms with Gasteiger partial charge in [-0.25, -0.2) is 8.42 Å². The van der Waals surface area contributed by atoms with Gasteiger partial charge in [-0.15, -0.1) is 0 Å². The lowest BCUT2D eigenvalue weighted by Gasteiger charge is -2.28. The molecule has 3 aromatic rings. The van der Waals surface area contributed by atoms with Gasteiger partial charge in [-0.05, 0) is 60.7 Å². The Bertz CT molecular complexity index is 1300. The number of carbonyl (C=O) groups excluding carboxylic acids is 1. The molecule has 7 heteroatoms. The van der Waals surface area contributed by atoms with Crippen molar-refractivity contribution in [2.75, 3.05) is 19.0 Å². The molecule has 1 saturated carbocycles. The van der Waals surface area contributed by atoms with E-state index in [0.717, 1.165) is 35.3 Å². The fourth-order valence-electron chi connectivity index (χ4n) is 4.59. The molecule has 1 aliphatic heterocycles. The predicted molar refractivity (Wildman–Crippen MR) is 127 cm³/mol. The van der Waals surface area contributed by atoms with Crippen LogP contribution in [-0.2, 0) is 33.2 Å². The summed E-state index contributed by atoms with van der Waals surface area (Å²) in [5.41, 5.74) is 3.03. The quantitative estimate of drug-likeness (QED) is 0.598. The average Bonchev–Trinajstić information content (AvgIpc) is 3.66. The van der Waals surface area contributed by atoms with Gasteiger partial charge in [0.25, 0.3) is 0 Å². The minimum Gasteiger partial charge on any atom is -0.496 e. The summed E-state index contributed by atoms with van der Waals surface area (Å²) in [5.74, 6) is 0.661. The second kappa shape index (κ2) is 8.32. The first-order valence-electron chi connectivity index (χ1n) is 11.1. The number of benzene rings is 3. The van der Waals surface area contributed by atoms with Crippen molar-refractivity contribution < 1.29 is 17.9 Å². The molecule has 1 aliphatic carbocycles. The van der Waals surface area contributed by atoms with Gasteiger partial charge >= 0.3 is 0 Å². The number of sulfonamides is 1. The third-order valence-electron chi connectivity index (χ3n) is 6.63. The number of para-hydroxylation sites is 1. The van der Waals surface area contributed by atoms with Crippen molar-refractivity contribution >= 4 is 21.6 Å². The molecular formula is C26H26N2O4S. The van der Waals surface area contributed by atoms with Crippen LogP contribution in [0, 0.1) is 0 Å². The Morgan fingerprint density at radius 2 is 1.70 bits per heavy atom. The monoisotopic (exact) mass is 462 g/mol. The highest BCUT2D eigenvalue weighted by Crippen LogP contribution is 2.52. The van der Waals surface area contributed by atoms with Gasteiger partial charge in [0.1, 0.15) is 5.75 Å². The number of rotatable bonds is 6. The minimum absolute atomic E-state index is 0.0588. The fourth-order valence-corrected chi connectivity index (χ4v) is 6.03. The fraction of sp³-hybridized carbons (Fsp3) is 0.269. The van der Waals surface area contributed by atoms with Crippen molar-refractivity contribution in [3.05, 3.63) is 89.5 Å². The van der Waals surface area contributed by atoms with Gasteiger partial charge in [-0.2, -0.15) is 4.31 Å². The lowest BCUT2D eigenvalue weighted by atomic mass is 9.93. The topological polar surface area (TPSA) is 75.7 Å². The van der Waals surface area contributed by atoms with Gasteiger partial charge in [0.15, 0.2) is 0 Å². The molecule has 0 aromatic heterocycles. The molecule has 1 N–H and O–H groups in total. The Kier molecular flexibility index (Phi) is 5.46. The van der Waals surface area contributed by atoms with Crippen molar-refractivity contribution in [3.63, 3.8) is 0 Å².